The third kappa shape index (κ3) is 2.82. The van der Waals surface area contributed by atoms with Crippen LogP contribution in [0.3, 0.4) is 0 Å². The van der Waals surface area contributed by atoms with Crippen molar-refractivity contribution < 1.29 is 9.32 Å². The molecule has 0 radical (unpaired) electrons. The number of hydrogen-bond acceptors (Lipinski definition) is 4. The van der Waals surface area contributed by atoms with Gasteiger partial charge in [0.05, 0.1) is 11.7 Å². The first-order chi connectivity index (χ1) is 7.60. The number of aryl methyl sites for hydroxylation is 2. The first-order valence-corrected chi connectivity index (χ1v) is 5.59. The molecule has 3 N–H and O–H groups in total. The van der Waals surface area contributed by atoms with Crippen molar-refractivity contribution in [2.45, 2.75) is 46.2 Å². The van der Waals surface area contributed by atoms with Gasteiger partial charge in [-0.1, -0.05) is 19.0 Å². The lowest BCUT2D eigenvalue weighted by Crippen LogP contribution is -2.38. The third-order valence-electron chi connectivity index (χ3n) is 2.46. The summed E-state index contributed by atoms with van der Waals surface area (Å²) in [5, 5.41) is 6.74. The molecule has 0 aliphatic rings. The summed E-state index contributed by atoms with van der Waals surface area (Å²) in [5.41, 5.74) is 7.36. The standard InChI is InChI=1S/C11H19N3O2/c1-4-9-8(10(5-2)16-14-9)6-13-11(15)7(3)12/h7H,4-6,12H2,1-3H3,(H,13,15)/t7-/m0/s1. The minimum absolute atomic E-state index is 0.162. The molecule has 0 saturated carbocycles. The first-order valence-electron chi connectivity index (χ1n) is 5.59. The fourth-order valence-electron chi connectivity index (χ4n) is 1.47. The maximum Gasteiger partial charge on any atom is 0.236 e. The minimum atomic E-state index is -0.491. The highest BCUT2D eigenvalue weighted by molar-refractivity contribution is 5.80. The number of rotatable bonds is 5. The van der Waals surface area contributed by atoms with E-state index in [0.717, 1.165) is 29.9 Å². The second-order valence-corrected chi connectivity index (χ2v) is 3.74. The van der Waals surface area contributed by atoms with Gasteiger partial charge in [-0.2, -0.15) is 0 Å². The van der Waals surface area contributed by atoms with Gasteiger partial charge in [0.1, 0.15) is 5.76 Å². The van der Waals surface area contributed by atoms with Crippen LogP contribution >= 0.6 is 0 Å². The molecule has 90 valence electrons. The smallest absolute Gasteiger partial charge is 0.236 e. The van der Waals surface area contributed by atoms with E-state index < -0.39 is 6.04 Å². The van der Waals surface area contributed by atoms with E-state index in [0.29, 0.717) is 6.54 Å². The predicted molar refractivity (Wildman–Crippen MR) is 60.8 cm³/mol. The van der Waals surface area contributed by atoms with Crippen LogP contribution in [0.1, 0.15) is 37.8 Å². The molecule has 0 unspecified atom stereocenters. The molecular weight excluding hydrogens is 206 g/mol. The van der Waals surface area contributed by atoms with Gasteiger partial charge in [-0.15, -0.1) is 0 Å². The average Bonchev–Trinajstić information content (AvgIpc) is 2.67. The molecule has 1 heterocycles. The Morgan fingerprint density at radius 3 is 2.69 bits per heavy atom. The molecule has 0 aliphatic carbocycles. The molecule has 0 spiro atoms. The SMILES string of the molecule is CCc1noc(CC)c1CNC(=O)[C@H](C)N. The van der Waals surface area contributed by atoms with E-state index in [9.17, 15) is 4.79 Å². The molecule has 1 aromatic rings. The number of carbonyl (C=O) groups is 1. The van der Waals surface area contributed by atoms with Gasteiger partial charge in [0.2, 0.25) is 5.91 Å². The van der Waals surface area contributed by atoms with Crippen molar-refractivity contribution in [3.8, 4) is 0 Å². The average molecular weight is 225 g/mol. The summed E-state index contributed by atoms with van der Waals surface area (Å²) in [4.78, 5) is 11.4. The van der Waals surface area contributed by atoms with E-state index in [4.69, 9.17) is 10.3 Å². The van der Waals surface area contributed by atoms with E-state index in [-0.39, 0.29) is 5.91 Å². The van der Waals surface area contributed by atoms with Crippen molar-refractivity contribution in [1.82, 2.24) is 10.5 Å². The quantitative estimate of drug-likeness (QED) is 0.775. The largest absolute Gasteiger partial charge is 0.361 e. The number of carbonyl (C=O) groups excluding carboxylic acids is 1. The number of nitrogens with two attached hydrogens (primary N) is 1. The van der Waals surface area contributed by atoms with Crippen molar-refractivity contribution in [2.75, 3.05) is 0 Å². The van der Waals surface area contributed by atoms with Gasteiger partial charge >= 0.3 is 0 Å². The van der Waals surface area contributed by atoms with Gasteiger partial charge in [-0.05, 0) is 13.3 Å². The lowest BCUT2D eigenvalue weighted by molar-refractivity contribution is -0.122. The highest BCUT2D eigenvalue weighted by Crippen LogP contribution is 2.15. The normalized spacial score (nSPS) is 12.5. The lowest BCUT2D eigenvalue weighted by atomic mass is 10.1. The van der Waals surface area contributed by atoms with Gasteiger partial charge in [0.25, 0.3) is 0 Å². The molecule has 1 atom stereocenters. The molecule has 0 saturated heterocycles. The van der Waals surface area contributed by atoms with Crippen LogP contribution in [0.5, 0.6) is 0 Å². The Hall–Kier alpha value is -1.36. The molecule has 0 aliphatic heterocycles. The molecule has 0 fully saturated rings. The zero-order valence-corrected chi connectivity index (χ0v) is 10.0. The van der Waals surface area contributed by atoms with Gasteiger partial charge in [-0.25, -0.2) is 0 Å². The highest BCUT2D eigenvalue weighted by atomic mass is 16.5. The van der Waals surface area contributed by atoms with Gasteiger partial charge in [0, 0.05) is 18.5 Å². The Balaban J connectivity index is 2.71. The molecule has 1 rings (SSSR count). The number of amides is 1. The summed E-state index contributed by atoms with van der Waals surface area (Å²) in [5.74, 6) is 0.673. The van der Waals surface area contributed by atoms with E-state index in [1.165, 1.54) is 0 Å². The van der Waals surface area contributed by atoms with Crippen molar-refractivity contribution in [2.24, 2.45) is 5.73 Å². The van der Waals surface area contributed by atoms with Crippen LogP contribution in [-0.4, -0.2) is 17.1 Å². The van der Waals surface area contributed by atoms with Crippen LogP contribution in [0, 0.1) is 0 Å². The molecule has 0 aromatic carbocycles. The van der Waals surface area contributed by atoms with Crippen LogP contribution in [0.4, 0.5) is 0 Å². The first kappa shape index (κ1) is 12.7. The van der Waals surface area contributed by atoms with Crippen LogP contribution in [0.15, 0.2) is 4.52 Å². The van der Waals surface area contributed by atoms with E-state index >= 15 is 0 Å². The van der Waals surface area contributed by atoms with Gasteiger partial charge in [-0.3, -0.25) is 4.79 Å². The molecule has 0 bridgehead atoms. The molecule has 1 amide bonds. The number of hydrogen-bond donors (Lipinski definition) is 2. The van der Waals surface area contributed by atoms with Crippen LogP contribution < -0.4 is 11.1 Å². The molecule has 5 nitrogen and oxygen atoms in total. The monoisotopic (exact) mass is 225 g/mol. The van der Waals surface area contributed by atoms with E-state index in [1.54, 1.807) is 6.92 Å². The Morgan fingerprint density at radius 2 is 2.19 bits per heavy atom. The van der Waals surface area contributed by atoms with Crippen LogP contribution in [0.25, 0.3) is 0 Å². The Bertz CT molecular complexity index is 337. The minimum Gasteiger partial charge on any atom is -0.361 e. The van der Waals surface area contributed by atoms with Gasteiger partial charge < -0.3 is 15.6 Å². The summed E-state index contributed by atoms with van der Waals surface area (Å²) in [6, 6.07) is -0.491. The lowest BCUT2D eigenvalue weighted by Gasteiger charge is -2.07. The van der Waals surface area contributed by atoms with Crippen LogP contribution in [-0.2, 0) is 24.2 Å². The van der Waals surface area contributed by atoms with Crippen molar-refractivity contribution >= 4 is 5.91 Å². The summed E-state index contributed by atoms with van der Waals surface area (Å²) < 4.78 is 5.20. The summed E-state index contributed by atoms with van der Waals surface area (Å²) in [7, 11) is 0. The van der Waals surface area contributed by atoms with E-state index in [2.05, 4.69) is 10.5 Å². The summed E-state index contributed by atoms with van der Waals surface area (Å²) in [6.07, 6.45) is 1.57. The zero-order valence-electron chi connectivity index (χ0n) is 10.0. The highest BCUT2D eigenvalue weighted by Gasteiger charge is 2.15. The van der Waals surface area contributed by atoms with E-state index in [1.807, 2.05) is 13.8 Å². The second-order valence-electron chi connectivity index (χ2n) is 3.74. The number of nitrogens with zero attached hydrogens (tertiary/aromatic N) is 1. The second kappa shape index (κ2) is 5.65. The fourth-order valence-corrected chi connectivity index (χ4v) is 1.47. The molecular formula is C11H19N3O2. The topological polar surface area (TPSA) is 81.2 Å². The summed E-state index contributed by atoms with van der Waals surface area (Å²) >= 11 is 0. The third-order valence-corrected chi connectivity index (χ3v) is 2.46. The Kier molecular flexibility index (Phi) is 4.49. The maximum absolute atomic E-state index is 11.4. The molecule has 16 heavy (non-hydrogen) atoms. The van der Waals surface area contributed by atoms with Crippen molar-refractivity contribution in [3.05, 3.63) is 17.0 Å². The molecule has 1 aromatic heterocycles. The number of aromatic nitrogens is 1. The molecule has 5 heteroatoms. The van der Waals surface area contributed by atoms with Crippen molar-refractivity contribution in [1.29, 1.82) is 0 Å². The summed E-state index contributed by atoms with van der Waals surface area (Å²) in [6.45, 7) is 6.10. The van der Waals surface area contributed by atoms with Crippen LogP contribution in [0.2, 0.25) is 0 Å². The Morgan fingerprint density at radius 1 is 1.50 bits per heavy atom. The Labute approximate surface area is 95.4 Å². The van der Waals surface area contributed by atoms with Gasteiger partial charge in [0.15, 0.2) is 0 Å². The maximum atomic E-state index is 11.4. The predicted octanol–water partition coefficient (Wildman–Crippen LogP) is 0.763. The van der Waals surface area contributed by atoms with Crippen molar-refractivity contribution in [3.63, 3.8) is 0 Å². The fraction of sp³-hybridized carbons (Fsp3) is 0.636. The zero-order chi connectivity index (χ0) is 12.1. The number of nitrogens with one attached hydrogen (secondary N) is 1.